The van der Waals surface area contributed by atoms with Crippen LogP contribution in [0.2, 0.25) is 0 Å². The molecule has 4 aromatic rings. The minimum absolute atomic E-state index is 0.183. The number of benzene rings is 4. The number of carbonyl (C=O) groups excluding carboxylic acids is 4. The van der Waals surface area contributed by atoms with E-state index >= 15 is 0 Å². The third-order valence-corrected chi connectivity index (χ3v) is 8.60. The van der Waals surface area contributed by atoms with Crippen LogP contribution in [0.15, 0.2) is 109 Å². The van der Waals surface area contributed by atoms with E-state index in [1.54, 1.807) is 36.4 Å². The lowest BCUT2D eigenvalue weighted by atomic mass is 9.73. The molecule has 44 heavy (non-hydrogen) atoms. The average molecular weight is 588 g/mol. The van der Waals surface area contributed by atoms with E-state index in [2.05, 4.69) is 12.1 Å². The summed E-state index contributed by atoms with van der Waals surface area (Å²) in [6.07, 6.45) is 1.17. The van der Waals surface area contributed by atoms with Gasteiger partial charge in [-0.1, -0.05) is 60.7 Å². The Labute approximate surface area is 256 Å². The number of hydrogen-bond acceptors (Lipinski definition) is 6. The maximum absolute atomic E-state index is 13.4. The molecule has 2 fully saturated rings. The summed E-state index contributed by atoms with van der Waals surface area (Å²) in [6.45, 7) is 1.94. The van der Waals surface area contributed by atoms with Gasteiger partial charge in [0.05, 0.1) is 23.1 Å². The number of imide groups is 1. The highest BCUT2D eigenvalue weighted by atomic mass is 16.5. The monoisotopic (exact) mass is 587 g/mol. The maximum Gasteiger partial charge on any atom is 0.338 e. The van der Waals surface area contributed by atoms with Gasteiger partial charge in [0, 0.05) is 5.56 Å². The van der Waals surface area contributed by atoms with E-state index in [-0.39, 0.29) is 40.9 Å². The van der Waals surface area contributed by atoms with Crippen molar-refractivity contribution in [2.45, 2.75) is 44.8 Å². The van der Waals surface area contributed by atoms with Crippen molar-refractivity contribution in [3.63, 3.8) is 0 Å². The summed E-state index contributed by atoms with van der Waals surface area (Å²) < 4.78 is 11.2. The Kier molecular flexibility index (Phi) is 8.37. The molecule has 222 valence electrons. The van der Waals surface area contributed by atoms with Crippen LogP contribution >= 0.6 is 0 Å². The van der Waals surface area contributed by atoms with Crippen LogP contribution in [0.3, 0.4) is 0 Å². The zero-order valence-corrected chi connectivity index (χ0v) is 24.4. The number of carbonyl (C=O) groups is 4. The molecule has 0 bridgehead atoms. The van der Waals surface area contributed by atoms with E-state index < -0.39 is 12.1 Å². The van der Waals surface area contributed by atoms with Crippen LogP contribution in [-0.2, 0) is 20.9 Å². The Morgan fingerprint density at radius 1 is 0.750 bits per heavy atom. The second kappa shape index (κ2) is 12.7. The summed E-state index contributed by atoms with van der Waals surface area (Å²) in [7, 11) is 0. The molecule has 7 heteroatoms. The minimum atomic E-state index is -1.01. The van der Waals surface area contributed by atoms with Gasteiger partial charge in [0.15, 0.2) is 6.10 Å². The van der Waals surface area contributed by atoms with Gasteiger partial charge in [0.25, 0.3) is 0 Å². The molecule has 1 saturated carbocycles. The van der Waals surface area contributed by atoms with E-state index in [9.17, 15) is 19.2 Å². The first-order valence-electron chi connectivity index (χ1n) is 14.9. The van der Waals surface area contributed by atoms with Gasteiger partial charge in [-0.05, 0) is 91.8 Å². The molecule has 1 saturated heterocycles. The topological polar surface area (TPSA) is 90.0 Å². The van der Waals surface area contributed by atoms with Crippen LogP contribution in [0.25, 0.3) is 0 Å². The van der Waals surface area contributed by atoms with Crippen molar-refractivity contribution < 1.29 is 28.7 Å². The lowest BCUT2D eigenvalue weighted by Crippen LogP contribution is -2.31. The molecule has 6 rings (SSSR count). The van der Waals surface area contributed by atoms with Crippen LogP contribution < -0.4 is 9.64 Å². The number of amides is 2. The number of ketones is 1. The highest BCUT2D eigenvalue weighted by Crippen LogP contribution is 2.45. The molecule has 0 N–H and O–H groups in total. The normalized spacial score (nSPS) is 20.1. The number of nitrogens with zero attached hydrogens (tertiary/aromatic N) is 1. The summed E-state index contributed by atoms with van der Waals surface area (Å²) >= 11 is 0. The minimum Gasteiger partial charge on any atom is -0.489 e. The Bertz CT molecular complexity index is 1650. The second-order valence-corrected chi connectivity index (χ2v) is 11.4. The Morgan fingerprint density at radius 2 is 1.36 bits per heavy atom. The SMILES string of the molecule is C[C@H](OC(=O)c1ccc(N2C(=O)[C@H]3C[C@H](c4ccccc4)CC[C@H]3C2=O)cc1)C(=O)c1ccc(OCc2ccccc2)cc1. The standard InChI is InChI=1S/C37H33NO6/c1-24(34(39)27-14-19-31(20-15-27)43-23-25-8-4-2-5-9-25)44-37(42)28-12-17-30(18-13-28)38-35(40)32-21-16-29(22-33(32)36(38)41)26-10-6-3-7-11-26/h2-15,17-20,24,29,32-33H,16,21-23H2,1H3/t24-,29+,32+,33-/m0/s1. The molecule has 0 aromatic heterocycles. The maximum atomic E-state index is 13.4. The van der Waals surface area contributed by atoms with Crippen LogP contribution in [0.1, 0.15) is 63.9 Å². The van der Waals surface area contributed by atoms with Crippen molar-refractivity contribution in [2.24, 2.45) is 11.8 Å². The van der Waals surface area contributed by atoms with Crippen molar-refractivity contribution in [3.8, 4) is 5.75 Å². The first kappa shape index (κ1) is 29.1. The van der Waals surface area contributed by atoms with Crippen LogP contribution in [0, 0.1) is 11.8 Å². The molecule has 1 aliphatic carbocycles. The van der Waals surface area contributed by atoms with E-state index in [4.69, 9.17) is 9.47 Å². The molecule has 2 amide bonds. The number of rotatable bonds is 9. The van der Waals surface area contributed by atoms with Crippen molar-refractivity contribution in [3.05, 3.63) is 131 Å². The highest BCUT2D eigenvalue weighted by molar-refractivity contribution is 6.22. The molecule has 0 unspecified atom stereocenters. The average Bonchev–Trinajstić information content (AvgIpc) is 3.32. The molecule has 2 aliphatic rings. The van der Waals surface area contributed by atoms with Gasteiger partial charge in [0.2, 0.25) is 17.6 Å². The summed E-state index contributed by atoms with van der Waals surface area (Å²) in [6, 6.07) is 32.8. The van der Waals surface area contributed by atoms with Gasteiger partial charge < -0.3 is 9.47 Å². The highest BCUT2D eigenvalue weighted by Gasteiger charge is 2.50. The Hall–Kier alpha value is -5.04. The van der Waals surface area contributed by atoms with Crippen LogP contribution in [-0.4, -0.2) is 29.7 Å². The Morgan fingerprint density at radius 3 is 2.05 bits per heavy atom. The number of Topliss-reactive ketones (excluding diaryl/α,β-unsaturated/α-hetero) is 1. The van der Waals surface area contributed by atoms with Crippen LogP contribution in [0.4, 0.5) is 5.69 Å². The fourth-order valence-corrected chi connectivity index (χ4v) is 6.18. The van der Waals surface area contributed by atoms with Gasteiger partial charge in [0.1, 0.15) is 12.4 Å². The summed E-state index contributed by atoms with van der Waals surface area (Å²) in [4.78, 5) is 53.7. The van der Waals surface area contributed by atoms with Crippen molar-refractivity contribution in [2.75, 3.05) is 4.90 Å². The van der Waals surface area contributed by atoms with E-state index in [0.29, 0.717) is 36.4 Å². The molecular formula is C37H33NO6. The zero-order chi connectivity index (χ0) is 30.6. The van der Waals surface area contributed by atoms with Gasteiger partial charge in [-0.25, -0.2) is 4.79 Å². The first-order valence-corrected chi connectivity index (χ1v) is 14.9. The fraction of sp³-hybridized carbons (Fsp3) is 0.243. The van der Waals surface area contributed by atoms with Crippen LogP contribution in [0.5, 0.6) is 5.75 Å². The van der Waals surface area contributed by atoms with Crippen molar-refractivity contribution in [1.82, 2.24) is 0 Å². The second-order valence-electron chi connectivity index (χ2n) is 11.4. The quantitative estimate of drug-likeness (QED) is 0.122. The number of ether oxygens (including phenoxy) is 2. The molecule has 0 radical (unpaired) electrons. The van der Waals surface area contributed by atoms with E-state index in [1.165, 1.54) is 29.5 Å². The molecule has 7 nitrogen and oxygen atoms in total. The van der Waals surface area contributed by atoms with Gasteiger partial charge in [-0.15, -0.1) is 0 Å². The number of anilines is 1. The smallest absolute Gasteiger partial charge is 0.338 e. The van der Waals surface area contributed by atoms with Gasteiger partial charge in [-0.2, -0.15) is 0 Å². The summed E-state index contributed by atoms with van der Waals surface area (Å²) in [5, 5.41) is 0. The molecule has 0 spiro atoms. The molecule has 1 heterocycles. The molecule has 4 atom stereocenters. The lowest BCUT2D eigenvalue weighted by Gasteiger charge is -2.28. The van der Waals surface area contributed by atoms with Crippen molar-refractivity contribution in [1.29, 1.82) is 0 Å². The van der Waals surface area contributed by atoms with E-state index in [0.717, 1.165) is 12.0 Å². The predicted octanol–water partition coefficient (Wildman–Crippen LogP) is 6.77. The third-order valence-electron chi connectivity index (χ3n) is 8.60. The summed E-state index contributed by atoms with van der Waals surface area (Å²) in [5.74, 6) is -1.16. The number of fused-ring (bicyclic) bond motifs is 1. The molecular weight excluding hydrogens is 554 g/mol. The van der Waals surface area contributed by atoms with Crippen molar-refractivity contribution >= 4 is 29.3 Å². The first-order chi connectivity index (χ1) is 21.4. The predicted molar refractivity (Wildman–Crippen MR) is 165 cm³/mol. The molecule has 1 aliphatic heterocycles. The number of hydrogen-bond donors (Lipinski definition) is 0. The summed E-state index contributed by atoms with van der Waals surface area (Å²) in [5.41, 5.74) is 3.29. The Balaban J connectivity index is 1.05. The lowest BCUT2D eigenvalue weighted by molar-refractivity contribution is -0.122. The largest absolute Gasteiger partial charge is 0.489 e. The van der Waals surface area contributed by atoms with Gasteiger partial charge in [-0.3, -0.25) is 19.3 Å². The number of esters is 1. The molecule has 4 aromatic carbocycles. The van der Waals surface area contributed by atoms with E-state index in [1.807, 2.05) is 48.5 Å². The zero-order valence-electron chi connectivity index (χ0n) is 24.4. The van der Waals surface area contributed by atoms with Gasteiger partial charge >= 0.3 is 5.97 Å². The third kappa shape index (κ3) is 6.04. The fourth-order valence-electron chi connectivity index (χ4n) is 6.18.